The number of carbonyl (C=O) groups excluding carboxylic acids is 1. The second kappa shape index (κ2) is 9.33. The fraction of sp³-hybridized carbons (Fsp3) is 0.381. The first-order chi connectivity index (χ1) is 12.6. The van der Waals surface area contributed by atoms with Crippen LogP contribution in [0.2, 0.25) is 5.02 Å². The molecule has 1 unspecified atom stereocenters. The van der Waals surface area contributed by atoms with Gasteiger partial charge in [0.05, 0.1) is 5.25 Å². The van der Waals surface area contributed by atoms with E-state index in [0.29, 0.717) is 11.6 Å². The number of carbonyl (C=O) groups is 1. The lowest BCUT2D eigenvalue weighted by Crippen LogP contribution is -2.35. The number of benzene rings is 2. The molecule has 0 fully saturated rings. The second-order valence-electron chi connectivity index (χ2n) is 6.58. The summed E-state index contributed by atoms with van der Waals surface area (Å²) in [5, 5.41) is 3.66. The van der Waals surface area contributed by atoms with Crippen LogP contribution < -0.4 is 10.2 Å². The van der Waals surface area contributed by atoms with Crippen LogP contribution >= 0.6 is 23.4 Å². The highest BCUT2D eigenvalue weighted by Crippen LogP contribution is 2.27. The maximum Gasteiger partial charge on any atom is 0.233 e. The van der Waals surface area contributed by atoms with E-state index in [-0.39, 0.29) is 11.2 Å². The molecule has 1 amide bonds. The zero-order valence-corrected chi connectivity index (χ0v) is 16.7. The molecule has 5 heteroatoms. The van der Waals surface area contributed by atoms with E-state index in [9.17, 15) is 4.79 Å². The number of halogens is 1. The lowest BCUT2D eigenvalue weighted by molar-refractivity contribution is -0.120. The Bertz CT molecular complexity index is 735. The fourth-order valence-corrected chi connectivity index (χ4v) is 4.26. The Morgan fingerprint density at radius 1 is 1.23 bits per heavy atom. The highest BCUT2D eigenvalue weighted by Gasteiger charge is 2.16. The van der Waals surface area contributed by atoms with Gasteiger partial charge in [-0.2, -0.15) is 0 Å². The molecule has 0 aromatic heterocycles. The molecule has 0 radical (unpaired) electrons. The number of rotatable bonds is 7. The van der Waals surface area contributed by atoms with Crippen LogP contribution in [0, 0.1) is 0 Å². The zero-order valence-electron chi connectivity index (χ0n) is 15.1. The predicted molar refractivity (Wildman–Crippen MR) is 111 cm³/mol. The van der Waals surface area contributed by atoms with Gasteiger partial charge in [0.25, 0.3) is 0 Å². The van der Waals surface area contributed by atoms with Crippen LogP contribution in [-0.2, 0) is 11.2 Å². The summed E-state index contributed by atoms with van der Waals surface area (Å²) in [7, 11) is 0. The number of nitrogens with zero attached hydrogens (tertiary/aromatic N) is 1. The van der Waals surface area contributed by atoms with Gasteiger partial charge in [-0.3, -0.25) is 4.79 Å². The van der Waals surface area contributed by atoms with Crippen molar-refractivity contribution in [3.8, 4) is 0 Å². The van der Waals surface area contributed by atoms with E-state index in [1.165, 1.54) is 24.1 Å². The van der Waals surface area contributed by atoms with Crippen molar-refractivity contribution in [3.63, 3.8) is 0 Å². The molecule has 1 atom stereocenters. The molecule has 2 aromatic rings. The number of para-hydroxylation sites is 1. The molecule has 0 saturated carbocycles. The van der Waals surface area contributed by atoms with Gasteiger partial charge in [0, 0.05) is 35.2 Å². The maximum atomic E-state index is 12.3. The van der Waals surface area contributed by atoms with E-state index in [0.717, 1.165) is 24.4 Å². The van der Waals surface area contributed by atoms with Gasteiger partial charge in [-0.25, -0.2) is 0 Å². The van der Waals surface area contributed by atoms with Crippen molar-refractivity contribution in [1.29, 1.82) is 0 Å². The van der Waals surface area contributed by atoms with E-state index in [1.54, 1.807) is 11.8 Å². The molecule has 0 saturated heterocycles. The van der Waals surface area contributed by atoms with E-state index in [2.05, 4.69) is 34.5 Å². The van der Waals surface area contributed by atoms with Gasteiger partial charge in [0.15, 0.2) is 0 Å². The first kappa shape index (κ1) is 19.1. The Labute approximate surface area is 165 Å². The van der Waals surface area contributed by atoms with Gasteiger partial charge < -0.3 is 10.2 Å². The molecule has 1 aliphatic heterocycles. The molecule has 2 aromatic carbocycles. The standard InChI is InChI=1S/C21H25ClN2OS/c1-16(26-19-11-9-18(22)10-12-19)21(25)23-13-5-15-24-14-4-7-17-6-2-3-8-20(17)24/h2-3,6,8-12,16H,4-5,7,13-15H2,1H3,(H,23,25). The number of nitrogens with one attached hydrogen (secondary N) is 1. The van der Waals surface area contributed by atoms with E-state index in [1.807, 2.05) is 31.2 Å². The second-order valence-corrected chi connectivity index (χ2v) is 8.43. The Morgan fingerprint density at radius 3 is 2.81 bits per heavy atom. The molecule has 1 aliphatic rings. The highest BCUT2D eigenvalue weighted by atomic mass is 35.5. The topological polar surface area (TPSA) is 32.3 Å². The summed E-state index contributed by atoms with van der Waals surface area (Å²) in [5.41, 5.74) is 2.80. The summed E-state index contributed by atoms with van der Waals surface area (Å²) in [6, 6.07) is 16.2. The van der Waals surface area contributed by atoms with Crippen molar-refractivity contribution < 1.29 is 4.79 Å². The molecule has 138 valence electrons. The van der Waals surface area contributed by atoms with Crippen molar-refractivity contribution in [3.05, 3.63) is 59.1 Å². The Balaban J connectivity index is 1.41. The van der Waals surface area contributed by atoms with Gasteiger partial charge in [0.1, 0.15) is 0 Å². The third kappa shape index (κ3) is 5.18. The largest absolute Gasteiger partial charge is 0.371 e. The van der Waals surface area contributed by atoms with Gasteiger partial charge >= 0.3 is 0 Å². The summed E-state index contributed by atoms with van der Waals surface area (Å²) >= 11 is 7.45. The van der Waals surface area contributed by atoms with Gasteiger partial charge in [-0.15, -0.1) is 11.8 Å². The van der Waals surface area contributed by atoms with Crippen LogP contribution in [0.4, 0.5) is 5.69 Å². The number of thioether (sulfide) groups is 1. The summed E-state index contributed by atoms with van der Waals surface area (Å²) in [4.78, 5) is 15.8. The van der Waals surface area contributed by atoms with Crippen molar-refractivity contribution in [2.75, 3.05) is 24.5 Å². The molecule has 3 nitrogen and oxygen atoms in total. The van der Waals surface area contributed by atoms with Crippen LogP contribution in [-0.4, -0.2) is 30.8 Å². The molecule has 3 rings (SSSR count). The van der Waals surface area contributed by atoms with Crippen LogP contribution in [0.15, 0.2) is 53.4 Å². The Hall–Kier alpha value is -1.65. The maximum absolute atomic E-state index is 12.3. The van der Waals surface area contributed by atoms with Crippen LogP contribution in [0.5, 0.6) is 0 Å². The molecule has 1 heterocycles. The molecule has 1 N–H and O–H groups in total. The first-order valence-corrected chi connectivity index (χ1v) is 10.4. The number of aryl methyl sites for hydroxylation is 1. The Kier molecular flexibility index (Phi) is 6.86. The summed E-state index contributed by atoms with van der Waals surface area (Å²) in [6.07, 6.45) is 3.33. The quantitative estimate of drug-likeness (QED) is 0.547. The van der Waals surface area contributed by atoms with Crippen LogP contribution in [0.25, 0.3) is 0 Å². The van der Waals surface area contributed by atoms with E-state index in [4.69, 9.17) is 11.6 Å². The lowest BCUT2D eigenvalue weighted by Gasteiger charge is -2.31. The van der Waals surface area contributed by atoms with Crippen molar-refractivity contribution in [2.45, 2.75) is 36.3 Å². The van der Waals surface area contributed by atoms with Crippen molar-refractivity contribution in [2.24, 2.45) is 0 Å². The van der Waals surface area contributed by atoms with Gasteiger partial charge in [-0.1, -0.05) is 29.8 Å². The summed E-state index contributed by atoms with van der Waals surface area (Å²) in [6.45, 7) is 4.74. The minimum atomic E-state index is -0.119. The molecule has 0 spiro atoms. The summed E-state index contributed by atoms with van der Waals surface area (Å²) < 4.78 is 0. The number of amides is 1. The normalized spacial score (nSPS) is 14.6. The molecule has 0 aliphatic carbocycles. The Morgan fingerprint density at radius 2 is 2.00 bits per heavy atom. The molecular weight excluding hydrogens is 364 g/mol. The van der Waals surface area contributed by atoms with Crippen molar-refractivity contribution >= 4 is 35.0 Å². The van der Waals surface area contributed by atoms with Crippen molar-refractivity contribution in [1.82, 2.24) is 5.32 Å². The van der Waals surface area contributed by atoms with E-state index >= 15 is 0 Å². The van der Waals surface area contributed by atoms with Gasteiger partial charge in [-0.05, 0) is 62.1 Å². The minimum Gasteiger partial charge on any atom is -0.371 e. The summed E-state index contributed by atoms with van der Waals surface area (Å²) in [5.74, 6) is 0.0870. The average molecular weight is 389 g/mol. The number of anilines is 1. The number of fused-ring (bicyclic) bond motifs is 1. The SMILES string of the molecule is CC(Sc1ccc(Cl)cc1)C(=O)NCCCN1CCCc2ccccc21. The smallest absolute Gasteiger partial charge is 0.233 e. The predicted octanol–water partition coefficient (Wildman–Crippen LogP) is 4.78. The fourth-order valence-electron chi connectivity index (χ4n) is 3.24. The van der Waals surface area contributed by atoms with Crippen LogP contribution in [0.1, 0.15) is 25.3 Å². The third-order valence-corrected chi connectivity index (χ3v) is 5.97. The lowest BCUT2D eigenvalue weighted by atomic mass is 10.0. The zero-order chi connectivity index (χ0) is 18.4. The monoisotopic (exact) mass is 388 g/mol. The van der Waals surface area contributed by atoms with Crippen LogP contribution in [0.3, 0.4) is 0 Å². The highest BCUT2D eigenvalue weighted by molar-refractivity contribution is 8.00. The number of hydrogen-bond acceptors (Lipinski definition) is 3. The van der Waals surface area contributed by atoms with E-state index < -0.39 is 0 Å². The number of hydrogen-bond donors (Lipinski definition) is 1. The minimum absolute atomic E-state index is 0.0870. The molecule has 0 bridgehead atoms. The third-order valence-electron chi connectivity index (χ3n) is 4.61. The first-order valence-electron chi connectivity index (χ1n) is 9.16. The van der Waals surface area contributed by atoms with Gasteiger partial charge in [0.2, 0.25) is 5.91 Å². The molecular formula is C21H25ClN2OS. The average Bonchev–Trinajstić information content (AvgIpc) is 2.67. The molecule has 26 heavy (non-hydrogen) atoms.